The molecule has 1 aromatic heterocycles. The van der Waals surface area contributed by atoms with Crippen molar-refractivity contribution in [2.24, 2.45) is 5.92 Å². The van der Waals surface area contributed by atoms with Crippen LogP contribution in [0.4, 0.5) is 4.39 Å². The van der Waals surface area contributed by atoms with Crippen molar-refractivity contribution in [2.45, 2.75) is 26.4 Å². The number of hydrogen-bond acceptors (Lipinski definition) is 3. The second-order valence-corrected chi connectivity index (χ2v) is 6.08. The molecule has 1 atom stereocenters. The molecule has 1 amide bonds. The van der Waals surface area contributed by atoms with Crippen LogP contribution in [0, 0.1) is 11.7 Å². The fourth-order valence-corrected chi connectivity index (χ4v) is 2.69. The summed E-state index contributed by atoms with van der Waals surface area (Å²) in [5.41, 5.74) is 2.45. The van der Waals surface area contributed by atoms with E-state index in [0.29, 0.717) is 0 Å². The molecule has 0 aliphatic heterocycles. The minimum atomic E-state index is -0.290. The van der Waals surface area contributed by atoms with Crippen LogP contribution >= 0.6 is 0 Å². The molecule has 0 aliphatic rings. The first kappa shape index (κ1) is 16.1. The van der Waals surface area contributed by atoms with E-state index < -0.39 is 0 Å². The SMILES string of the molecule is CC(C)C(NC(=O)Cn1nnc2ccccc21)c1ccc(F)cc1. The maximum atomic E-state index is 13.1. The Balaban J connectivity index is 1.75. The number of benzene rings is 2. The van der Waals surface area contributed by atoms with Crippen molar-refractivity contribution in [1.82, 2.24) is 20.3 Å². The molecular weight excluding hydrogens is 307 g/mol. The van der Waals surface area contributed by atoms with Crippen LogP contribution < -0.4 is 5.32 Å². The Hall–Kier alpha value is -2.76. The first-order chi connectivity index (χ1) is 11.5. The van der Waals surface area contributed by atoms with Gasteiger partial charge in [-0.3, -0.25) is 4.79 Å². The summed E-state index contributed by atoms with van der Waals surface area (Å²) in [5.74, 6) is -0.276. The summed E-state index contributed by atoms with van der Waals surface area (Å²) in [6, 6.07) is 13.5. The predicted octanol–water partition coefficient (Wildman–Crippen LogP) is 3.08. The molecule has 5 nitrogen and oxygen atoms in total. The van der Waals surface area contributed by atoms with Crippen LogP contribution in [0.2, 0.25) is 0 Å². The number of halogens is 1. The number of hydrogen-bond donors (Lipinski definition) is 1. The molecule has 1 heterocycles. The van der Waals surface area contributed by atoms with E-state index in [1.165, 1.54) is 12.1 Å². The van der Waals surface area contributed by atoms with E-state index in [-0.39, 0.29) is 30.2 Å². The van der Waals surface area contributed by atoms with E-state index in [2.05, 4.69) is 15.6 Å². The number of carbonyl (C=O) groups excluding carboxylic acids is 1. The molecule has 1 unspecified atom stereocenters. The molecule has 0 aliphatic carbocycles. The number of aromatic nitrogens is 3. The highest BCUT2D eigenvalue weighted by molar-refractivity contribution is 5.80. The summed E-state index contributed by atoms with van der Waals surface area (Å²) in [6.45, 7) is 4.11. The molecule has 2 aromatic carbocycles. The predicted molar refractivity (Wildman–Crippen MR) is 89.6 cm³/mol. The Morgan fingerprint density at radius 2 is 1.88 bits per heavy atom. The summed E-state index contributed by atoms with van der Waals surface area (Å²) in [5, 5.41) is 11.1. The second-order valence-electron chi connectivity index (χ2n) is 6.08. The number of amides is 1. The minimum absolute atomic E-state index is 0.0882. The summed E-state index contributed by atoms with van der Waals surface area (Å²) in [6.07, 6.45) is 0. The van der Waals surface area contributed by atoms with E-state index in [0.717, 1.165) is 16.6 Å². The van der Waals surface area contributed by atoms with Gasteiger partial charge in [-0.25, -0.2) is 9.07 Å². The number of nitrogens with one attached hydrogen (secondary N) is 1. The highest BCUT2D eigenvalue weighted by Gasteiger charge is 2.19. The number of para-hydroxylation sites is 1. The molecule has 0 bridgehead atoms. The maximum absolute atomic E-state index is 13.1. The van der Waals surface area contributed by atoms with Gasteiger partial charge in [-0.05, 0) is 35.7 Å². The lowest BCUT2D eigenvalue weighted by molar-refractivity contribution is -0.122. The van der Waals surface area contributed by atoms with Crippen molar-refractivity contribution < 1.29 is 9.18 Å². The van der Waals surface area contributed by atoms with Crippen molar-refractivity contribution in [1.29, 1.82) is 0 Å². The normalized spacial score (nSPS) is 12.5. The lowest BCUT2D eigenvalue weighted by atomic mass is 9.96. The number of fused-ring (bicyclic) bond motifs is 1. The fourth-order valence-electron chi connectivity index (χ4n) is 2.69. The monoisotopic (exact) mass is 326 g/mol. The third kappa shape index (κ3) is 3.42. The molecule has 1 N–H and O–H groups in total. The smallest absolute Gasteiger partial charge is 0.242 e. The zero-order chi connectivity index (χ0) is 17.1. The van der Waals surface area contributed by atoms with Crippen molar-refractivity contribution in [3.05, 3.63) is 59.9 Å². The van der Waals surface area contributed by atoms with Crippen molar-refractivity contribution >= 4 is 16.9 Å². The molecule has 0 fully saturated rings. The summed E-state index contributed by atoms with van der Waals surface area (Å²) >= 11 is 0. The molecular formula is C18H19FN4O. The quantitative estimate of drug-likeness (QED) is 0.784. The highest BCUT2D eigenvalue weighted by atomic mass is 19.1. The average molecular weight is 326 g/mol. The van der Waals surface area contributed by atoms with Crippen LogP contribution in [-0.4, -0.2) is 20.9 Å². The zero-order valence-electron chi connectivity index (χ0n) is 13.6. The first-order valence-electron chi connectivity index (χ1n) is 7.87. The summed E-state index contributed by atoms with van der Waals surface area (Å²) < 4.78 is 14.7. The molecule has 0 radical (unpaired) electrons. The van der Waals surface area contributed by atoms with E-state index >= 15 is 0 Å². The third-order valence-electron chi connectivity index (χ3n) is 3.93. The lowest BCUT2D eigenvalue weighted by Crippen LogP contribution is -2.34. The second kappa shape index (κ2) is 6.78. The Kier molecular flexibility index (Phi) is 4.55. The van der Waals surface area contributed by atoms with Crippen LogP contribution in [0.25, 0.3) is 11.0 Å². The molecule has 0 saturated heterocycles. The van der Waals surface area contributed by atoms with Gasteiger partial charge in [-0.2, -0.15) is 0 Å². The third-order valence-corrected chi connectivity index (χ3v) is 3.93. The molecule has 124 valence electrons. The van der Waals surface area contributed by atoms with Crippen LogP contribution in [0.3, 0.4) is 0 Å². The maximum Gasteiger partial charge on any atom is 0.242 e. The first-order valence-corrected chi connectivity index (χ1v) is 7.87. The van der Waals surface area contributed by atoms with Crippen LogP contribution in [0.5, 0.6) is 0 Å². The Morgan fingerprint density at radius 1 is 1.17 bits per heavy atom. The van der Waals surface area contributed by atoms with Crippen molar-refractivity contribution in [2.75, 3.05) is 0 Å². The van der Waals surface area contributed by atoms with Gasteiger partial charge < -0.3 is 5.32 Å². The van der Waals surface area contributed by atoms with Gasteiger partial charge in [0.25, 0.3) is 0 Å². The van der Waals surface area contributed by atoms with E-state index in [9.17, 15) is 9.18 Å². The minimum Gasteiger partial charge on any atom is -0.347 e. The highest BCUT2D eigenvalue weighted by Crippen LogP contribution is 2.22. The van der Waals surface area contributed by atoms with E-state index in [1.54, 1.807) is 16.8 Å². The molecule has 0 saturated carbocycles. The molecule has 0 spiro atoms. The van der Waals surface area contributed by atoms with Crippen molar-refractivity contribution in [3.63, 3.8) is 0 Å². The van der Waals surface area contributed by atoms with Gasteiger partial charge in [-0.1, -0.05) is 43.3 Å². The lowest BCUT2D eigenvalue weighted by Gasteiger charge is -2.23. The number of nitrogens with zero attached hydrogens (tertiary/aromatic N) is 3. The number of carbonyl (C=O) groups is 1. The molecule has 3 rings (SSSR count). The topological polar surface area (TPSA) is 59.8 Å². The van der Waals surface area contributed by atoms with E-state index in [1.807, 2.05) is 38.1 Å². The van der Waals surface area contributed by atoms with Crippen LogP contribution in [0.15, 0.2) is 48.5 Å². The Bertz CT molecular complexity index is 842. The molecule has 6 heteroatoms. The average Bonchev–Trinajstić information content (AvgIpc) is 2.96. The Morgan fingerprint density at radius 3 is 2.58 bits per heavy atom. The molecule has 24 heavy (non-hydrogen) atoms. The van der Waals surface area contributed by atoms with Gasteiger partial charge in [0.05, 0.1) is 11.6 Å². The Labute approximate surface area is 139 Å². The molecule has 3 aromatic rings. The largest absolute Gasteiger partial charge is 0.347 e. The zero-order valence-corrected chi connectivity index (χ0v) is 13.6. The summed E-state index contributed by atoms with van der Waals surface area (Å²) in [4.78, 5) is 12.4. The van der Waals surface area contributed by atoms with Crippen molar-refractivity contribution in [3.8, 4) is 0 Å². The van der Waals surface area contributed by atoms with Gasteiger partial charge in [0, 0.05) is 0 Å². The van der Waals surface area contributed by atoms with E-state index in [4.69, 9.17) is 0 Å². The van der Waals surface area contributed by atoms with Crippen LogP contribution in [-0.2, 0) is 11.3 Å². The van der Waals surface area contributed by atoms with Gasteiger partial charge >= 0.3 is 0 Å². The number of rotatable bonds is 5. The van der Waals surface area contributed by atoms with Gasteiger partial charge in [-0.15, -0.1) is 5.10 Å². The standard InChI is InChI=1S/C18H19FN4O/c1-12(2)18(13-7-9-14(19)10-8-13)20-17(24)11-23-16-6-4-3-5-15(16)21-22-23/h3-10,12,18H,11H2,1-2H3,(H,20,24). The fraction of sp³-hybridized carbons (Fsp3) is 0.278. The van der Waals surface area contributed by atoms with Gasteiger partial charge in [0.2, 0.25) is 5.91 Å². The van der Waals surface area contributed by atoms with Gasteiger partial charge in [0.15, 0.2) is 0 Å². The van der Waals surface area contributed by atoms with Crippen LogP contribution in [0.1, 0.15) is 25.5 Å². The summed E-state index contributed by atoms with van der Waals surface area (Å²) in [7, 11) is 0. The van der Waals surface area contributed by atoms with Gasteiger partial charge in [0.1, 0.15) is 17.9 Å².